The summed E-state index contributed by atoms with van der Waals surface area (Å²) in [5, 5.41) is 0. The van der Waals surface area contributed by atoms with Crippen LogP contribution in [0, 0.1) is 11.8 Å². The highest BCUT2D eigenvalue weighted by Gasteiger charge is 2.28. The molecule has 1 aromatic carbocycles. The summed E-state index contributed by atoms with van der Waals surface area (Å²) in [5.41, 5.74) is 0.586. The van der Waals surface area contributed by atoms with Crippen LogP contribution in [0.3, 0.4) is 0 Å². The van der Waals surface area contributed by atoms with E-state index >= 15 is 0 Å². The molecule has 1 atom stereocenters. The average Bonchev–Trinajstić information content (AvgIpc) is 2.86. The van der Waals surface area contributed by atoms with Gasteiger partial charge in [0, 0.05) is 33.2 Å². The maximum Gasteiger partial charge on any atom is 0.257 e. The lowest BCUT2D eigenvalue weighted by atomic mass is 9.86. The number of methoxy groups -OCH3 is 1. The summed E-state index contributed by atoms with van der Waals surface area (Å²) in [4.78, 5) is 30.9. The molecule has 1 saturated carbocycles. The van der Waals surface area contributed by atoms with Crippen molar-refractivity contribution in [1.82, 2.24) is 9.80 Å². The van der Waals surface area contributed by atoms with Crippen LogP contribution in [0.1, 0.15) is 88.4 Å². The summed E-state index contributed by atoms with van der Waals surface area (Å²) in [6, 6.07) is 7.51. The van der Waals surface area contributed by atoms with Crippen LogP contribution in [-0.2, 0) is 9.53 Å². The number of ether oxygens (including phenoxy) is 2. The Morgan fingerprint density at radius 2 is 1.83 bits per heavy atom. The van der Waals surface area contributed by atoms with Crippen LogP contribution in [0.2, 0.25) is 0 Å². The van der Waals surface area contributed by atoms with E-state index in [2.05, 4.69) is 18.7 Å². The van der Waals surface area contributed by atoms with Gasteiger partial charge in [-0.05, 0) is 49.7 Å². The van der Waals surface area contributed by atoms with Crippen molar-refractivity contribution < 1.29 is 19.1 Å². The van der Waals surface area contributed by atoms with Gasteiger partial charge in [0.2, 0.25) is 5.91 Å². The van der Waals surface area contributed by atoms with Crippen LogP contribution in [0.25, 0.3) is 0 Å². The number of carbonyl (C=O) groups is 2. The Hall–Kier alpha value is -2.08. The maximum atomic E-state index is 13.5. The van der Waals surface area contributed by atoms with Gasteiger partial charge in [0.15, 0.2) is 0 Å². The Labute approximate surface area is 212 Å². The number of hydrogen-bond donors (Lipinski definition) is 0. The van der Waals surface area contributed by atoms with Crippen molar-refractivity contribution >= 4 is 11.8 Å². The molecular weight excluding hydrogens is 440 g/mol. The Balaban J connectivity index is 1.78. The van der Waals surface area contributed by atoms with Crippen molar-refractivity contribution in [2.75, 3.05) is 40.0 Å². The number of para-hydroxylation sites is 1. The van der Waals surface area contributed by atoms with Gasteiger partial charge in [-0.15, -0.1) is 0 Å². The maximum absolute atomic E-state index is 13.5. The average molecular weight is 487 g/mol. The molecule has 0 aromatic heterocycles. The van der Waals surface area contributed by atoms with Crippen LogP contribution in [0.5, 0.6) is 5.75 Å². The number of hydrogen-bond acceptors (Lipinski definition) is 4. The smallest absolute Gasteiger partial charge is 0.257 e. The zero-order valence-corrected chi connectivity index (χ0v) is 22.2. The zero-order chi connectivity index (χ0) is 25.0. The summed E-state index contributed by atoms with van der Waals surface area (Å²) < 4.78 is 11.6. The van der Waals surface area contributed by atoms with Crippen LogP contribution in [-0.4, -0.2) is 67.6 Å². The van der Waals surface area contributed by atoms with Crippen molar-refractivity contribution in [3.05, 3.63) is 29.8 Å². The Morgan fingerprint density at radius 1 is 1.09 bits per heavy atom. The molecule has 0 bridgehead atoms. The van der Waals surface area contributed by atoms with Gasteiger partial charge in [0.25, 0.3) is 5.91 Å². The van der Waals surface area contributed by atoms with Gasteiger partial charge in [-0.25, -0.2) is 0 Å². The second-order valence-corrected chi connectivity index (χ2v) is 10.7. The third kappa shape index (κ3) is 8.52. The number of carbonyl (C=O) groups excluding carboxylic acids is 2. The fraction of sp³-hybridized carbons (Fsp3) is 0.724. The first kappa shape index (κ1) is 27.5. The number of rotatable bonds is 8. The lowest BCUT2D eigenvalue weighted by Crippen LogP contribution is -2.46. The van der Waals surface area contributed by atoms with Crippen LogP contribution < -0.4 is 4.74 Å². The van der Waals surface area contributed by atoms with Crippen LogP contribution in [0.15, 0.2) is 24.3 Å². The van der Waals surface area contributed by atoms with Crippen molar-refractivity contribution in [3.8, 4) is 5.75 Å². The second-order valence-electron chi connectivity index (χ2n) is 10.7. The molecule has 1 aliphatic heterocycles. The van der Waals surface area contributed by atoms with Gasteiger partial charge < -0.3 is 19.3 Å². The highest BCUT2D eigenvalue weighted by molar-refractivity contribution is 5.97. The van der Waals surface area contributed by atoms with Gasteiger partial charge >= 0.3 is 0 Å². The molecule has 2 aliphatic rings. The van der Waals surface area contributed by atoms with Crippen molar-refractivity contribution in [1.29, 1.82) is 0 Å². The van der Waals surface area contributed by atoms with Crippen molar-refractivity contribution in [2.24, 2.45) is 11.8 Å². The van der Waals surface area contributed by atoms with E-state index in [0.717, 1.165) is 32.2 Å². The third-order valence-electron chi connectivity index (χ3n) is 7.47. The molecule has 0 N–H and O–H groups in total. The summed E-state index contributed by atoms with van der Waals surface area (Å²) >= 11 is 0. The highest BCUT2D eigenvalue weighted by atomic mass is 16.5. The minimum absolute atomic E-state index is 0.0148. The topological polar surface area (TPSA) is 59.1 Å². The molecule has 1 aromatic rings. The summed E-state index contributed by atoms with van der Waals surface area (Å²) in [5.74, 6) is 2.00. The van der Waals surface area contributed by atoms with Crippen LogP contribution >= 0.6 is 0 Å². The molecule has 0 unspecified atom stereocenters. The first-order chi connectivity index (χ1) is 17.0. The standard InChI is InChI=1S/C29H46N2O4/c1-23(2)21-25-22-35-27-14-8-7-13-26(27)29(33)30(19-20-34-3)17-9-10-18-31(25)28(32)16-15-24-11-5-4-6-12-24/h7-8,13-14,23-25H,4-6,9-12,15-22H2,1-3H3/t25-/m0/s1. The van der Waals surface area contributed by atoms with E-state index in [-0.39, 0.29) is 17.9 Å². The van der Waals surface area contributed by atoms with E-state index in [1.807, 2.05) is 29.2 Å². The normalized spacial score (nSPS) is 20.7. The minimum atomic E-state index is -0.0148. The Bertz CT molecular complexity index is 791. The molecule has 1 aliphatic carbocycles. The highest BCUT2D eigenvalue weighted by Crippen LogP contribution is 2.28. The second kappa shape index (κ2) is 14.5. The van der Waals surface area contributed by atoms with Gasteiger partial charge in [0.1, 0.15) is 12.4 Å². The quantitative estimate of drug-likeness (QED) is 0.483. The molecule has 196 valence electrons. The molecule has 0 radical (unpaired) electrons. The van der Waals surface area contributed by atoms with Crippen LogP contribution in [0.4, 0.5) is 0 Å². The fourth-order valence-electron chi connectivity index (χ4n) is 5.51. The Morgan fingerprint density at radius 3 is 2.57 bits per heavy atom. The number of benzene rings is 1. The summed E-state index contributed by atoms with van der Waals surface area (Å²) in [6.07, 6.45) is 10.8. The number of fused-ring (bicyclic) bond motifs is 1. The number of amides is 2. The zero-order valence-electron chi connectivity index (χ0n) is 22.2. The van der Waals surface area contributed by atoms with Gasteiger partial charge in [0.05, 0.1) is 18.2 Å². The lowest BCUT2D eigenvalue weighted by molar-refractivity contribution is -0.135. The molecule has 2 amide bonds. The number of nitrogens with zero attached hydrogens (tertiary/aromatic N) is 2. The van der Waals surface area contributed by atoms with E-state index < -0.39 is 0 Å². The van der Waals surface area contributed by atoms with E-state index in [9.17, 15) is 9.59 Å². The molecule has 3 rings (SSSR count). The largest absolute Gasteiger partial charge is 0.491 e. The molecule has 0 spiro atoms. The van der Waals surface area contributed by atoms with E-state index in [4.69, 9.17) is 9.47 Å². The molecule has 6 heteroatoms. The monoisotopic (exact) mass is 486 g/mol. The van der Waals surface area contributed by atoms with E-state index in [0.29, 0.717) is 55.9 Å². The van der Waals surface area contributed by atoms with E-state index in [1.54, 1.807) is 7.11 Å². The third-order valence-corrected chi connectivity index (χ3v) is 7.47. The van der Waals surface area contributed by atoms with Gasteiger partial charge in [-0.2, -0.15) is 0 Å². The lowest BCUT2D eigenvalue weighted by Gasteiger charge is -2.35. The predicted molar refractivity (Wildman–Crippen MR) is 140 cm³/mol. The summed E-state index contributed by atoms with van der Waals surface area (Å²) in [7, 11) is 1.66. The minimum Gasteiger partial charge on any atom is -0.491 e. The molecule has 6 nitrogen and oxygen atoms in total. The van der Waals surface area contributed by atoms with Crippen molar-refractivity contribution in [3.63, 3.8) is 0 Å². The first-order valence-electron chi connectivity index (χ1n) is 13.8. The molecular formula is C29H46N2O4. The SMILES string of the molecule is COCCN1CCCCN(C(=O)CCC2CCCCC2)[C@@H](CC(C)C)COc2ccccc2C1=O. The van der Waals surface area contributed by atoms with Gasteiger partial charge in [-0.3, -0.25) is 9.59 Å². The molecule has 1 fully saturated rings. The fourth-order valence-corrected chi connectivity index (χ4v) is 5.51. The van der Waals surface area contributed by atoms with Gasteiger partial charge in [-0.1, -0.05) is 58.1 Å². The molecule has 0 saturated heterocycles. The molecule has 1 heterocycles. The first-order valence-corrected chi connectivity index (χ1v) is 13.8. The molecule has 35 heavy (non-hydrogen) atoms. The van der Waals surface area contributed by atoms with E-state index in [1.165, 1.54) is 32.1 Å². The summed E-state index contributed by atoms with van der Waals surface area (Å²) in [6.45, 7) is 7.22. The van der Waals surface area contributed by atoms with Crippen molar-refractivity contribution in [2.45, 2.75) is 84.1 Å². The Kier molecular flexibility index (Phi) is 11.4. The predicted octanol–water partition coefficient (Wildman–Crippen LogP) is 5.55.